The van der Waals surface area contributed by atoms with E-state index < -0.39 is 17.5 Å². The van der Waals surface area contributed by atoms with Gasteiger partial charge in [-0.1, -0.05) is 6.07 Å². The molecule has 1 saturated heterocycles. The smallest absolute Gasteiger partial charge is 0.325 e. The highest BCUT2D eigenvalue weighted by molar-refractivity contribution is 6.11. The first kappa shape index (κ1) is 21.0. The number of hydrogen-bond acceptors (Lipinski definition) is 5. The standard InChI is InChI=1S/C23H27N3O5/c1-13(2)26-14(3)10-17(15(26)4)18(27)12-25-21(28)23(5,24-22(25)29)16-6-7-19-20(11-16)31-9-8-30-19/h6-7,10-11,13H,8-9,12H2,1-5H3,(H,24,29)/t23-/m0/s1. The molecule has 164 valence electrons. The van der Waals surface area contributed by atoms with E-state index in [1.807, 2.05) is 33.8 Å². The second-order valence-electron chi connectivity index (χ2n) is 8.48. The third-order valence-corrected chi connectivity index (χ3v) is 6.00. The van der Waals surface area contributed by atoms with Crippen LogP contribution in [0.25, 0.3) is 0 Å². The zero-order valence-corrected chi connectivity index (χ0v) is 18.4. The van der Waals surface area contributed by atoms with Crippen LogP contribution in [0, 0.1) is 13.8 Å². The normalized spacial score (nSPS) is 20.4. The first-order valence-corrected chi connectivity index (χ1v) is 10.4. The zero-order chi connectivity index (χ0) is 22.5. The summed E-state index contributed by atoms with van der Waals surface area (Å²) in [5.41, 5.74) is 1.61. The van der Waals surface area contributed by atoms with Crippen molar-refractivity contribution in [1.29, 1.82) is 0 Å². The minimum Gasteiger partial charge on any atom is -0.486 e. The minimum atomic E-state index is -1.29. The monoisotopic (exact) mass is 425 g/mol. The fourth-order valence-corrected chi connectivity index (χ4v) is 4.47. The van der Waals surface area contributed by atoms with Gasteiger partial charge >= 0.3 is 6.03 Å². The molecule has 3 amide bonds. The Kier molecular flexibility index (Phi) is 5.03. The molecule has 3 heterocycles. The Morgan fingerprint density at radius 1 is 1.13 bits per heavy atom. The number of rotatable bonds is 5. The van der Waals surface area contributed by atoms with E-state index in [0.717, 1.165) is 16.3 Å². The van der Waals surface area contributed by atoms with Crippen LogP contribution < -0.4 is 14.8 Å². The van der Waals surface area contributed by atoms with Crippen molar-refractivity contribution >= 4 is 17.7 Å². The molecule has 1 atom stereocenters. The number of ketones is 1. The Hall–Kier alpha value is -3.29. The highest BCUT2D eigenvalue weighted by atomic mass is 16.6. The van der Waals surface area contributed by atoms with Gasteiger partial charge in [0, 0.05) is 23.0 Å². The molecule has 0 saturated carbocycles. The average Bonchev–Trinajstić information content (AvgIpc) is 3.15. The van der Waals surface area contributed by atoms with Crippen molar-refractivity contribution in [2.45, 2.75) is 46.2 Å². The molecule has 1 aromatic carbocycles. The van der Waals surface area contributed by atoms with Crippen LogP contribution in [0.5, 0.6) is 11.5 Å². The van der Waals surface area contributed by atoms with Gasteiger partial charge in [-0.3, -0.25) is 14.5 Å². The molecule has 2 aliphatic rings. The molecular weight excluding hydrogens is 398 g/mol. The van der Waals surface area contributed by atoms with Crippen LogP contribution in [0.1, 0.15) is 54.1 Å². The summed E-state index contributed by atoms with van der Waals surface area (Å²) in [4.78, 5) is 39.9. The van der Waals surface area contributed by atoms with E-state index in [1.165, 1.54) is 0 Å². The highest BCUT2D eigenvalue weighted by Gasteiger charge is 2.50. The van der Waals surface area contributed by atoms with E-state index in [9.17, 15) is 14.4 Å². The number of amides is 3. The summed E-state index contributed by atoms with van der Waals surface area (Å²) >= 11 is 0. The van der Waals surface area contributed by atoms with Crippen molar-refractivity contribution in [2.24, 2.45) is 0 Å². The summed E-state index contributed by atoms with van der Waals surface area (Å²) in [7, 11) is 0. The fraction of sp³-hybridized carbons (Fsp3) is 0.435. The summed E-state index contributed by atoms with van der Waals surface area (Å²) in [6.45, 7) is 10.1. The number of fused-ring (bicyclic) bond motifs is 1. The number of hydrogen-bond donors (Lipinski definition) is 1. The van der Waals surface area contributed by atoms with Crippen molar-refractivity contribution in [2.75, 3.05) is 19.8 Å². The predicted octanol–water partition coefficient (Wildman–Crippen LogP) is 3.11. The van der Waals surface area contributed by atoms with Crippen molar-refractivity contribution in [3.05, 3.63) is 46.8 Å². The lowest BCUT2D eigenvalue weighted by Crippen LogP contribution is -2.41. The fourth-order valence-electron chi connectivity index (χ4n) is 4.47. The molecule has 0 unspecified atom stereocenters. The first-order chi connectivity index (χ1) is 14.6. The van der Waals surface area contributed by atoms with Gasteiger partial charge in [0.05, 0.1) is 6.54 Å². The first-order valence-electron chi connectivity index (χ1n) is 10.4. The van der Waals surface area contributed by atoms with Crippen molar-refractivity contribution in [3.8, 4) is 11.5 Å². The van der Waals surface area contributed by atoms with Crippen LogP contribution in [0.2, 0.25) is 0 Å². The number of nitrogens with zero attached hydrogens (tertiary/aromatic N) is 2. The second kappa shape index (κ2) is 7.44. The molecule has 31 heavy (non-hydrogen) atoms. The average molecular weight is 425 g/mol. The molecule has 2 aliphatic heterocycles. The molecule has 1 fully saturated rings. The summed E-state index contributed by atoms with van der Waals surface area (Å²) in [5, 5.41) is 2.74. The van der Waals surface area contributed by atoms with Crippen molar-refractivity contribution < 1.29 is 23.9 Å². The lowest BCUT2D eigenvalue weighted by atomic mass is 9.91. The highest BCUT2D eigenvalue weighted by Crippen LogP contribution is 2.37. The summed E-state index contributed by atoms with van der Waals surface area (Å²) in [6, 6.07) is 6.59. The topological polar surface area (TPSA) is 89.9 Å². The van der Waals surface area contributed by atoms with E-state index in [0.29, 0.717) is 35.8 Å². The van der Waals surface area contributed by atoms with Crippen LogP contribution in [-0.4, -0.2) is 46.9 Å². The Balaban J connectivity index is 1.59. The minimum absolute atomic E-state index is 0.205. The number of imide groups is 1. The lowest BCUT2D eigenvalue weighted by molar-refractivity contribution is -0.130. The van der Waals surface area contributed by atoms with Gasteiger partial charge in [-0.15, -0.1) is 0 Å². The number of ether oxygens (including phenoxy) is 2. The second-order valence-corrected chi connectivity index (χ2v) is 8.48. The number of carbonyl (C=O) groups is 3. The number of urea groups is 1. The quantitative estimate of drug-likeness (QED) is 0.587. The van der Waals surface area contributed by atoms with Gasteiger partial charge in [-0.25, -0.2) is 4.79 Å². The molecule has 0 bridgehead atoms. The summed E-state index contributed by atoms with van der Waals surface area (Å²) in [6.07, 6.45) is 0. The third-order valence-electron chi connectivity index (χ3n) is 6.00. The number of carbonyl (C=O) groups excluding carboxylic acids is 3. The molecule has 1 aromatic heterocycles. The molecule has 2 aromatic rings. The molecule has 0 aliphatic carbocycles. The van der Waals surface area contributed by atoms with Crippen LogP contribution in [-0.2, 0) is 10.3 Å². The molecule has 8 nitrogen and oxygen atoms in total. The SMILES string of the molecule is Cc1cc(C(=O)CN2C(=O)N[C@@](C)(c3ccc4c(c3)OCCO4)C2=O)c(C)n1C(C)C. The van der Waals surface area contributed by atoms with E-state index in [2.05, 4.69) is 9.88 Å². The number of benzene rings is 1. The zero-order valence-electron chi connectivity index (χ0n) is 18.4. The maximum Gasteiger partial charge on any atom is 0.325 e. The van der Waals surface area contributed by atoms with Crippen LogP contribution in [0.4, 0.5) is 4.79 Å². The maximum absolute atomic E-state index is 13.3. The maximum atomic E-state index is 13.3. The molecule has 8 heteroatoms. The van der Waals surface area contributed by atoms with Gasteiger partial charge in [-0.05, 0) is 58.4 Å². The Morgan fingerprint density at radius 3 is 2.45 bits per heavy atom. The Labute approximate surface area is 181 Å². The number of aryl methyl sites for hydroxylation is 1. The predicted molar refractivity (Wildman–Crippen MR) is 114 cm³/mol. The molecule has 1 N–H and O–H groups in total. The van der Waals surface area contributed by atoms with Crippen molar-refractivity contribution in [3.63, 3.8) is 0 Å². The van der Waals surface area contributed by atoms with Crippen LogP contribution in [0.15, 0.2) is 24.3 Å². The molecule has 4 rings (SSSR count). The van der Waals surface area contributed by atoms with Crippen LogP contribution in [0.3, 0.4) is 0 Å². The summed E-state index contributed by atoms with van der Waals surface area (Å²) < 4.78 is 13.2. The largest absolute Gasteiger partial charge is 0.486 e. The molecule has 0 spiro atoms. The number of aromatic nitrogens is 1. The Morgan fingerprint density at radius 2 is 1.81 bits per heavy atom. The van der Waals surface area contributed by atoms with Gasteiger partial charge in [0.1, 0.15) is 18.8 Å². The van der Waals surface area contributed by atoms with Gasteiger partial charge in [-0.2, -0.15) is 0 Å². The third kappa shape index (κ3) is 3.36. The Bertz CT molecular complexity index is 1090. The lowest BCUT2D eigenvalue weighted by Gasteiger charge is -2.25. The van der Waals surface area contributed by atoms with Gasteiger partial charge in [0.15, 0.2) is 17.3 Å². The molecular formula is C23H27N3O5. The van der Waals surface area contributed by atoms with Gasteiger partial charge in [0.2, 0.25) is 0 Å². The van der Waals surface area contributed by atoms with Crippen LogP contribution >= 0.6 is 0 Å². The number of nitrogens with one attached hydrogen (secondary N) is 1. The van der Waals surface area contributed by atoms with E-state index in [-0.39, 0.29) is 18.4 Å². The van der Waals surface area contributed by atoms with Crippen molar-refractivity contribution in [1.82, 2.24) is 14.8 Å². The van der Waals surface area contributed by atoms with Gasteiger partial charge < -0.3 is 19.4 Å². The van der Waals surface area contributed by atoms with E-state index >= 15 is 0 Å². The number of Topliss-reactive ketones (excluding diaryl/α,β-unsaturated/α-hetero) is 1. The van der Waals surface area contributed by atoms with E-state index in [4.69, 9.17) is 9.47 Å². The van der Waals surface area contributed by atoms with Gasteiger partial charge in [0.25, 0.3) is 5.91 Å². The molecule has 0 radical (unpaired) electrons. The summed E-state index contributed by atoms with van der Waals surface area (Å²) in [5.74, 6) is 0.390. The van der Waals surface area contributed by atoms with E-state index in [1.54, 1.807) is 25.1 Å².